The van der Waals surface area contributed by atoms with E-state index < -0.39 is 12.1 Å². The van der Waals surface area contributed by atoms with Gasteiger partial charge in [0.2, 0.25) is 5.91 Å². The van der Waals surface area contributed by atoms with Crippen LogP contribution in [0.25, 0.3) is 0 Å². The number of unbranched alkanes of at least 4 members (excludes halogenated alkanes) is 31. The molecule has 2 unspecified atom stereocenters. The minimum atomic E-state index is -0.676. The molecule has 2 atom stereocenters. The monoisotopic (exact) mass is 884 g/mol. The summed E-state index contributed by atoms with van der Waals surface area (Å²) in [5, 5.41) is 23.2. The smallest absolute Gasteiger partial charge is 0.305 e. The second-order valence-corrected chi connectivity index (χ2v) is 18.6. The molecule has 0 aliphatic rings. The Labute approximate surface area is 391 Å². The number of rotatable bonds is 50. The molecule has 0 heterocycles. The zero-order valence-electron chi connectivity index (χ0n) is 41.8. The Morgan fingerprint density at radius 3 is 1.25 bits per heavy atom. The first-order valence-corrected chi connectivity index (χ1v) is 27.4. The molecule has 0 fully saturated rings. The first-order chi connectivity index (χ1) is 31.0. The molecule has 6 heteroatoms. The van der Waals surface area contributed by atoms with Crippen molar-refractivity contribution in [2.24, 2.45) is 0 Å². The van der Waals surface area contributed by atoms with Crippen LogP contribution in [-0.2, 0) is 14.3 Å². The highest BCUT2D eigenvalue weighted by Crippen LogP contribution is 2.16. The predicted octanol–water partition coefficient (Wildman–Crippen LogP) is 16.6. The molecule has 368 valence electrons. The van der Waals surface area contributed by atoms with Crippen LogP contribution in [0.3, 0.4) is 0 Å². The maximum Gasteiger partial charge on any atom is 0.305 e. The van der Waals surface area contributed by atoms with E-state index in [4.69, 9.17) is 4.74 Å². The van der Waals surface area contributed by atoms with Gasteiger partial charge < -0.3 is 20.3 Å². The average Bonchev–Trinajstić information content (AvgIpc) is 3.28. The number of carbonyl (C=O) groups is 2. The highest BCUT2D eigenvalue weighted by atomic mass is 16.5. The number of esters is 1. The number of aliphatic hydroxyl groups excluding tert-OH is 2. The minimum Gasteiger partial charge on any atom is -0.466 e. The van der Waals surface area contributed by atoms with Crippen LogP contribution in [0.1, 0.15) is 277 Å². The Bertz CT molecular complexity index is 1070. The summed E-state index contributed by atoms with van der Waals surface area (Å²) in [6.07, 6.45) is 65.1. The van der Waals surface area contributed by atoms with Crippen LogP contribution < -0.4 is 5.32 Å². The number of carbonyl (C=O) groups excluding carboxylic acids is 2. The van der Waals surface area contributed by atoms with Gasteiger partial charge in [-0.05, 0) is 89.9 Å². The zero-order chi connectivity index (χ0) is 45.8. The lowest BCUT2D eigenvalue weighted by Gasteiger charge is -2.22. The molecule has 0 spiro atoms. The van der Waals surface area contributed by atoms with E-state index in [2.05, 4.69) is 67.8 Å². The summed E-state index contributed by atoms with van der Waals surface area (Å²) < 4.78 is 5.44. The molecule has 0 aromatic rings. The summed E-state index contributed by atoms with van der Waals surface area (Å²) in [4.78, 5) is 24.5. The van der Waals surface area contributed by atoms with Gasteiger partial charge in [0.05, 0.1) is 25.4 Å². The Hall–Kier alpha value is -2.18. The van der Waals surface area contributed by atoms with E-state index in [1.54, 1.807) is 0 Å². The maximum absolute atomic E-state index is 12.5. The molecule has 0 bridgehead atoms. The van der Waals surface area contributed by atoms with Crippen LogP contribution in [0.5, 0.6) is 0 Å². The first-order valence-electron chi connectivity index (χ1n) is 27.4. The zero-order valence-corrected chi connectivity index (χ0v) is 41.8. The van der Waals surface area contributed by atoms with Crippen molar-refractivity contribution in [2.45, 2.75) is 289 Å². The van der Waals surface area contributed by atoms with Crippen molar-refractivity contribution in [1.29, 1.82) is 0 Å². The van der Waals surface area contributed by atoms with Gasteiger partial charge in [0.15, 0.2) is 0 Å². The van der Waals surface area contributed by atoms with Crippen LogP contribution >= 0.6 is 0 Å². The molecule has 0 aliphatic heterocycles. The van der Waals surface area contributed by atoms with Crippen molar-refractivity contribution in [3.05, 3.63) is 48.6 Å². The molecule has 0 radical (unpaired) electrons. The van der Waals surface area contributed by atoms with E-state index in [1.165, 1.54) is 148 Å². The topological polar surface area (TPSA) is 95.9 Å². The standard InChI is InChI=1S/C57H105NO5/c1-3-5-7-9-11-13-15-17-22-25-29-33-37-41-45-49-55(60)54(53-59)58-56(61)50-46-42-38-34-30-26-23-20-19-21-24-28-32-36-40-44-48-52-63-57(62)51-47-43-39-35-31-27-18-16-14-12-10-8-6-4-2/h10,12,16,18-19,21,28,32,54-55,59-60H,3-9,11,13-15,17,20,22-27,29-31,33-53H2,1-2H3,(H,58,61)/b12-10-,18-16-,21-19-,32-28-. The highest BCUT2D eigenvalue weighted by molar-refractivity contribution is 5.76. The van der Waals surface area contributed by atoms with Gasteiger partial charge in [-0.3, -0.25) is 9.59 Å². The van der Waals surface area contributed by atoms with E-state index in [-0.39, 0.29) is 18.5 Å². The Morgan fingerprint density at radius 1 is 0.444 bits per heavy atom. The normalized spacial score (nSPS) is 13.0. The summed E-state index contributed by atoms with van der Waals surface area (Å²) in [7, 11) is 0. The molecule has 0 aromatic carbocycles. The third kappa shape index (κ3) is 49.1. The number of hydrogen-bond acceptors (Lipinski definition) is 5. The van der Waals surface area contributed by atoms with Gasteiger partial charge in [0, 0.05) is 12.8 Å². The minimum absolute atomic E-state index is 0.0307. The largest absolute Gasteiger partial charge is 0.466 e. The fraction of sp³-hybridized carbons (Fsp3) is 0.825. The molecule has 0 aromatic heterocycles. The summed E-state index contributed by atoms with van der Waals surface area (Å²) in [6.45, 7) is 4.86. The van der Waals surface area contributed by atoms with Crippen LogP contribution in [-0.4, -0.2) is 47.4 Å². The molecular weight excluding hydrogens is 779 g/mol. The fourth-order valence-electron chi connectivity index (χ4n) is 8.10. The Kier molecular flexibility index (Phi) is 50.6. The molecule has 6 nitrogen and oxygen atoms in total. The maximum atomic E-state index is 12.5. The molecular formula is C57H105NO5. The number of ether oxygens (including phenoxy) is 1. The van der Waals surface area contributed by atoms with E-state index in [0.717, 1.165) is 96.3 Å². The number of hydrogen-bond donors (Lipinski definition) is 3. The van der Waals surface area contributed by atoms with E-state index >= 15 is 0 Å². The fourth-order valence-corrected chi connectivity index (χ4v) is 8.10. The van der Waals surface area contributed by atoms with E-state index in [0.29, 0.717) is 25.9 Å². The van der Waals surface area contributed by atoms with Crippen molar-refractivity contribution in [2.75, 3.05) is 13.2 Å². The quantitative estimate of drug-likeness (QED) is 0.0321. The van der Waals surface area contributed by atoms with Crippen molar-refractivity contribution in [3.63, 3.8) is 0 Å². The van der Waals surface area contributed by atoms with Gasteiger partial charge in [0.1, 0.15) is 0 Å². The van der Waals surface area contributed by atoms with E-state index in [1.807, 2.05) is 0 Å². The van der Waals surface area contributed by atoms with Gasteiger partial charge in [-0.2, -0.15) is 0 Å². The van der Waals surface area contributed by atoms with Gasteiger partial charge in [0.25, 0.3) is 0 Å². The molecule has 63 heavy (non-hydrogen) atoms. The van der Waals surface area contributed by atoms with Gasteiger partial charge in [-0.1, -0.05) is 223 Å². The number of allylic oxidation sites excluding steroid dienone is 8. The van der Waals surface area contributed by atoms with Crippen molar-refractivity contribution in [3.8, 4) is 0 Å². The molecule has 3 N–H and O–H groups in total. The summed E-state index contributed by atoms with van der Waals surface area (Å²) in [6, 6.07) is -0.554. The molecule has 0 aliphatic carbocycles. The summed E-state index contributed by atoms with van der Waals surface area (Å²) in [5.41, 5.74) is 0. The molecule has 1 amide bonds. The number of aliphatic hydroxyl groups is 2. The van der Waals surface area contributed by atoms with E-state index in [9.17, 15) is 19.8 Å². The van der Waals surface area contributed by atoms with Gasteiger partial charge in [-0.25, -0.2) is 0 Å². The lowest BCUT2D eigenvalue weighted by molar-refractivity contribution is -0.143. The van der Waals surface area contributed by atoms with Gasteiger partial charge >= 0.3 is 5.97 Å². The van der Waals surface area contributed by atoms with Crippen LogP contribution in [0.2, 0.25) is 0 Å². The predicted molar refractivity (Wildman–Crippen MR) is 273 cm³/mol. The average molecular weight is 884 g/mol. The third-order valence-electron chi connectivity index (χ3n) is 12.4. The van der Waals surface area contributed by atoms with Crippen molar-refractivity contribution in [1.82, 2.24) is 5.32 Å². The SMILES string of the molecule is CCCC/C=C\C/C=C\CCCCCCCC(=O)OCCCCC/C=C\C/C=C\CCCCCCCCCC(=O)NC(CO)C(O)CCCCCCCCCCCCCCCCC. The van der Waals surface area contributed by atoms with Crippen molar-refractivity contribution >= 4 is 11.9 Å². The highest BCUT2D eigenvalue weighted by Gasteiger charge is 2.20. The van der Waals surface area contributed by atoms with Crippen LogP contribution in [0.4, 0.5) is 0 Å². The molecule has 0 saturated heterocycles. The van der Waals surface area contributed by atoms with Crippen LogP contribution in [0.15, 0.2) is 48.6 Å². The number of amides is 1. The summed E-state index contributed by atoms with van der Waals surface area (Å²) >= 11 is 0. The summed E-state index contributed by atoms with van der Waals surface area (Å²) in [5.74, 6) is -0.0825. The lowest BCUT2D eigenvalue weighted by Crippen LogP contribution is -2.45. The first kappa shape index (κ1) is 60.8. The van der Waals surface area contributed by atoms with Gasteiger partial charge in [-0.15, -0.1) is 0 Å². The molecule has 0 rings (SSSR count). The van der Waals surface area contributed by atoms with Crippen LogP contribution in [0, 0.1) is 0 Å². The second-order valence-electron chi connectivity index (χ2n) is 18.6. The molecule has 0 saturated carbocycles. The third-order valence-corrected chi connectivity index (χ3v) is 12.4. The lowest BCUT2D eigenvalue weighted by atomic mass is 10.0. The Morgan fingerprint density at radius 2 is 0.810 bits per heavy atom. The van der Waals surface area contributed by atoms with Crippen molar-refractivity contribution < 1.29 is 24.5 Å². The Balaban J connectivity index is 3.52. The number of nitrogens with one attached hydrogen (secondary N) is 1. The second kappa shape index (κ2) is 52.4.